The van der Waals surface area contributed by atoms with Crippen LogP contribution >= 0.6 is 0 Å². The molecule has 1 atom stereocenters. The largest absolute Gasteiger partial charge is 0.467 e. The van der Waals surface area contributed by atoms with E-state index in [1.165, 1.54) is 7.11 Å². The number of carbonyl (C=O) groups is 2. The topological polar surface area (TPSA) is 75.6 Å². The lowest BCUT2D eigenvalue weighted by atomic mass is 10.1. The van der Waals surface area contributed by atoms with Crippen LogP contribution in [0.3, 0.4) is 0 Å². The van der Waals surface area contributed by atoms with Gasteiger partial charge < -0.3 is 15.2 Å². The predicted octanol–water partition coefficient (Wildman–Crippen LogP) is 1.02. The maximum atomic E-state index is 12.1. The van der Waals surface area contributed by atoms with E-state index >= 15 is 0 Å². The van der Waals surface area contributed by atoms with Gasteiger partial charge in [0, 0.05) is 17.5 Å². The summed E-state index contributed by atoms with van der Waals surface area (Å²) in [5.41, 5.74) is 2.01. The molecule has 0 saturated heterocycles. The quantitative estimate of drug-likeness (QED) is 0.641. The minimum Gasteiger partial charge on any atom is -0.467 e. The van der Waals surface area contributed by atoms with Gasteiger partial charge in [0.15, 0.2) is 0 Å². The van der Waals surface area contributed by atoms with Gasteiger partial charge in [-0.2, -0.15) is 0 Å². The van der Waals surface area contributed by atoms with Crippen molar-refractivity contribution in [3.63, 3.8) is 0 Å². The van der Waals surface area contributed by atoms with E-state index in [0.29, 0.717) is 17.5 Å². The van der Waals surface area contributed by atoms with Gasteiger partial charge in [0.1, 0.15) is 6.04 Å². The van der Waals surface area contributed by atoms with Gasteiger partial charge in [-0.05, 0) is 37.6 Å². The second-order valence-corrected chi connectivity index (χ2v) is 4.58. The lowest BCUT2D eigenvalue weighted by Crippen LogP contribution is -2.39. The van der Waals surface area contributed by atoms with E-state index in [9.17, 15) is 9.59 Å². The molecule has 0 aromatic heterocycles. The Morgan fingerprint density at radius 1 is 1.38 bits per heavy atom. The number of nitrogens with one attached hydrogen (secondary N) is 1. The van der Waals surface area contributed by atoms with Crippen LogP contribution in [0.25, 0.3) is 0 Å². The molecule has 1 aromatic carbocycles. The molecule has 0 bridgehead atoms. The van der Waals surface area contributed by atoms with Crippen LogP contribution in [0.4, 0.5) is 0 Å². The molecular weight excluding hydrogens is 270 g/mol. The van der Waals surface area contributed by atoms with E-state index < -0.39 is 12.0 Å². The number of benzene rings is 1. The fraction of sp³-hybridized carbons (Fsp3) is 0.375. The van der Waals surface area contributed by atoms with Crippen molar-refractivity contribution in [3.8, 4) is 11.8 Å². The first-order valence-corrected chi connectivity index (χ1v) is 6.58. The molecule has 0 spiro atoms. The van der Waals surface area contributed by atoms with Gasteiger partial charge in [-0.15, -0.1) is 0 Å². The zero-order valence-corrected chi connectivity index (χ0v) is 12.4. The molecule has 5 nitrogen and oxygen atoms in total. The van der Waals surface area contributed by atoms with E-state index in [1.54, 1.807) is 19.1 Å². The minimum absolute atomic E-state index is 0.00278. The standard InChI is InChI=1S/C16H19NO4/c1-11-8-13(6-4-5-7-18)10-14(9-11)15(19)17-12(2)16(20)21-3/h8-10,12,18H,5,7H2,1-3H3,(H,17,19). The zero-order valence-electron chi connectivity index (χ0n) is 12.4. The van der Waals surface area contributed by atoms with Gasteiger partial charge in [0.2, 0.25) is 0 Å². The van der Waals surface area contributed by atoms with Gasteiger partial charge >= 0.3 is 5.97 Å². The van der Waals surface area contributed by atoms with Crippen molar-refractivity contribution in [3.05, 3.63) is 34.9 Å². The number of amides is 1. The third-order valence-corrected chi connectivity index (χ3v) is 2.71. The van der Waals surface area contributed by atoms with Crippen LogP contribution in [-0.2, 0) is 9.53 Å². The van der Waals surface area contributed by atoms with Crippen molar-refractivity contribution < 1.29 is 19.4 Å². The van der Waals surface area contributed by atoms with Gasteiger partial charge in [0.25, 0.3) is 5.91 Å². The van der Waals surface area contributed by atoms with Gasteiger partial charge in [-0.1, -0.05) is 11.8 Å². The SMILES string of the molecule is COC(=O)C(C)NC(=O)c1cc(C)cc(C#CCCO)c1. The van der Waals surface area contributed by atoms with Crippen LogP contribution in [0.2, 0.25) is 0 Å². The number of hydrogen-bond donors (Lipinski definition) is 2. The molecule has 112 valence electrons. The Bertz CT molecular complexity index is 584. The van der Waals surface area contributed by atoms with Gasteiger partial charge in [-0.3, -0.25) is 4.79 Å². The highest BCUT2D eigenvalue weighted by atomic mass is 16.5. The first-order chi connectivity index (χ1) is 9.97. The summed E-state index contributed by atoms with van der Waals surface area (Å²) in [6.07, 6.45) is 0.384. The van der Waals surface area contributed by atoms with E-state index in [-0.39, 0.29) is 12.5 Å². The molecule has 0 radical (unpaired) electrons. The molecule has 1 unspecified atom stereocenters. The molecule has 1 rings (SSSR count). The molecule has 1 amide bonds. The molecule has 21 heavy (non-hydrogen) atoms. The van der Waals surface area contributed by atoms with Crippen molar-refractivity contribution in [1.82, 2.24) is 5.32 Å². The number of rotatable bonds is 4. The molecule has 0 aliphatic rings. The average Bonchev–Trinajstić information content (AvgIpc) is 2.46. The van der Waals surface area contributed by atoms with Crippen LogP contribution in [0.5, 0.6) is 0 Å². The number of hydrogen-bond acceptors (Lipinski definition) is 4. The second kappa shape index (κ2) is 8.08. The summed E-state index contributed by atoms with van der Waals surface area (Å²) < 4.78 is 4.56. The Morgan fingerprint density at radius 2 is 2.10 bits per heavy atom. The number of aliphatic hydroxyl groups excluding tert-OH is 1. The maximum absolute atomic E-state index is 12.1. The Hall–Kier alpha value is -2.32. The van der Waals surface area contributed by atoms with E-state index in [2.05, 4.69) is 21.9 Å². The van der Waals surface area contributed by atoms with Crippen molar-refractivity contribution in [1.29, 1.82) is 0 Å². The van der Waals surface area contributed by atoms with Crippen molar-refractivity contribution in [2.75, 3.05) is 13.7 Å². The van der Waals surface area contributed by atoms with Crippen LogP contribution in [-0.4, -0.2) is 36.7 Å². The molecule has 5 heteroatoms. The summed E-state index contributed by atoms with van der Waals surface area (Å²) in [5, 5.41) is 11.3. The van der Waals surface area contributed by atoms with Crippen molar-refractivity contribution in [2.45, 2.75) is 26.3 Å². The summed E-state index contributed by atoms with van der Waals surface area (Å²) in [7, 11) is 1.27. The summed E-state index contributed by atoms with van der Waals surface area (Å²) in [6.45, 7) is 3.42. The summed E-state index contributed by atoms with van der Waals surface area (Å²) in [5.74, 6) is 4.83. The third-order valence-electron chi connectivity index (χ3n) is 2.71. The number of aryl methyl sites for hydroxylation is 1. The lowest BCUT2D eigenvalue weighted by Gasteiger charge is -2.12. The molecule has 0 saturated carbocycles. The normalized spacial score (nSPS) is 11.0. The van der Waals surface area contributed by atoms with Crippen LogP contribution < -0.4 is 5.32 Å². The highest BCUT2D eigenvalue weighted by Gasteiger charge is 2.17. The molecule has 0 aliphatic heterocycles. The van der Waals surface area contributed by atoms with Crippen LogP contribution in [0, 0.1) is 18.8 Å². The molecule has 1 aromatic rings. The molecular formula is C16H19NO4. The number of methoxy groups -OCH3 is 1. The lowest BCUT2D eigenvalue weighted by molar-refractivity contribution is -0.142. The predicted molar refractivity (Wildman–Crippen MR) is 78.7 cm³/mol. The fourth-order valence-electron chi connectivity index (χ4n) is 1.72. The van der Waals surface area contributed by atoms with Gasteiger partial charge in [-0.25, -0.2) is 4.79 Å². The third kappa shape index (κ3) is 5.28. The first-order valence-electron chi connectivity index (χ1n) is 6.58. The zero-order chi connectivity index (χ0) is 15.8. The number of esters is 1. The maximum Gasteiger partial charge on any atom is 0.328 e. The molecule has 0 aliphatic carbocycles. The second-order valence-electron chi connectivity index (χ2n) is 4.58. The Kier molecular flexibility index (Phi) is 6.44. The van der Waals surface area contributed by atoms with Crippen LogP contribution in [0.1, 0.15) is 34.8 Å². The van der Waals surface area contributed by atoms with Crippen molar-refractivity contribution >= 4 is 11.9 Å². The van der Waals surface area contributed by atoms with E-state index in [4.69, 9.17) is 5.11 Å². The van der Waals surface area contributed by atoms with Gasteiger partial charge in [0.05, 0.1) is 13.7 Å². The number of carbonyl (C=O) groups excluding carboxylic acids is 2. The van der Waals surface area contributed by atoms with E-state index in [1.807, 2.05) is 13.0 Å². The average molecular weight is 289 g/mol. The Balaban J connectivity index is 2.90. The summed E-state index contributed by atoms with van der Waals surface area (Å²) >= 11 is 0. The monoisotopic (exact) mass is 289 g/mol. The highest BCUT2D eigenvalue weighted by molar-refractivity contribution is 5.97. The Morgan fingerprint density at radius 3 is 2.71 bits per heavy atom. The minimum atomic E-state index is -0.716. The van der Waals surface area contributed by atoms with E-state index in [0.717, 1.165) is 5.56 Å². The number of aliphatic hydroxyl groups is 1. The smallest absolute Gasteiger partial charge is 0.328 e. The molecule has 0 heterocycles. The van der Waals surface area contributed by atoms with Crippen molar-refractivity contribution in [2.24, 2.45) is 0 Å². The first kappa shape index (κ1) is 16.7. The summed E-state index contributed by atoms with van der Waals surface area (Å²) in [4.78, 5) is 23.4. The number of ether oxygens (including phenoxy) is 1. The van der Waals surface area contributed by atoms with Crippen LogP contribution in [0.15, 0.2) is 18.2 Å². The molecule has 0 fully saturated rings. The fourth-order valence-corrected chi connectivity index (χ4v) is 1.72. The summed E-state index contributed by atoms with van der Waals surface area (Å²) in [6, 6.07) is 4.50. The Labute approximate surface area is 124 Å². The molecule has 2 N–H and O–H groups in total. The highest BCUT2D eigenvalue weighted by Crippen LogP contribution is 2.09.